The molecule has 2 aliphatic heterocycles. The van der Waals surface area contributed by atoms with E-state index in [2.05, 4.69) is 4.98 Å². The van der Waals surface area contributed by atoms with E-state index in [0.29, 0.717) is 32.1 Å². The maximum Gasteiger partial charge on any atom is 0.164 e. The van der Waals surface area contributed by atoms with Crippen molar-refractivity contribution < 1.29 is 14.3 Å². The first-order chi connectivity index (χ1) is 9.08. The molecule has 1 aromatic heterocycles. The van der Waals surface area contributed by atoms with Crippen LogP contribution in [0.4, 0.5) is 5.82 Å². The fourth-order valence-electron chi connectivity index (χ4n) is 2.72. The van der Waals surface area contributed by atoms with E-state index in [1.54, 1.807) is 0 Å². The Hall–Kier alpha value is -1.46. The average Bonchev–Trinajstić information content (AvgIpc) is 2.87. The van der Waals surface area contributed by atoms with E-state index in [-0.39, 0.29) is 17.8 Å². The molecule has 0 bridgehead atoms. The third-order valence-electron chi connectivity index (χ3n) is 3.83. The molecular formula is C14H18N2O3. The lowest BCUT2D eigenvalue weighted by atomic mass is 9.91. The quantitative estimate of drug-likeness (QED) is 0.871. The van der Waals surface area contributed by atoms with Gasteiger partial charge in [0, 0.05) is 17.9 Å². The zero-order chi connectivity index (χ0) is 13.6. The zero-order valence-corrected chi connectivity index (χ0v) is 11.2. The molecule has 0 saturated carbocycles. The fourth-order valence-corrected chi connectivity index (χ4v) is 2.72. The maximum atomic E-state index is 12.1. The van der Waals surface area contributed by atoms with E-state index in [4.69, 9.17) is 15.2 Å². The Morgan fingerprint density at radius 1 is 1.26 bits per heavy atom. The Bertz CT molecular complexity index is 540. The summed E-state index contributed by atoms with van der Waals surface area (Å²) in [6.45, 7) is 5.24. The van der Waals surface area contributed by atoms with Crippen LogP contribution in [-0.2, 0) is 40.5 Å². The number of nitrogens with two attached hydrogens (primary N) is 1. The van der Waals surface area contributed by atoms with Crippen LogP contribution in [0.15, 0.2) is 0 Å². The second-order valence-corrected chi connectivity index (χ2v) is 5.43. The van der Waals surface area contributed by atoms with Gasteiger partial charge in [0.15, 0.2) is 5.78 Å². The van der Waals surface area contributed by atoms with Crippen molar-refractivity contribution in [2.24, 2.45) is 5.92 Å². The highest BCUT2D eigenvalue weighted by atomic mass is 16.5. The van der Waals surface area contributed by atoms with Crippen LogP contribution >= 0.6 is 0 Å². The topological polar surface area (TPSA) is 74.4 Å². The molecule has 1 atom stereocenters. The van der Waals surface area contributed by atoms with Gasteiger partial charge in [-0.25, -0.2) is 4.98 Å². The molecule has 2 aliphatic rings. The number of Topliss-reactive ketones (excluding diaryl/α,β-unsaturated/α-hetero) is 1. The summed E-state index contributed by atoms with van der Waals surface area (Å²) >= 11 is 0. The van der Waals surface area contributed by atoms with Gasteiger partial charge in [-0.1, -0.05) is 13.8 Å². The third kappa shape index (κ3) is 2.03. The van der Waals surface area contributed by atoms with E-state index in [1.807, 2.05) is 13.8 Å². The lowest BCUT2D eigenvalue weighted by molar-refractivity contribution is -0.135. The monoisotopic (exact) mass is 262 g/mol. The molecule has 19 heavy (non-hydrogen) atoms. The number of anilines is 1. The minimum Gasteiger partial charge on any atom is -0.383 e. The Balaban J connectivity index is 1.97. The highest BCUT2D eigenvalue weighted by Crippen LogP contribution is 2.33. The second-order valence-electron chi connectivity index (χ2n) is 5.43. The van der Waals surface area contributed by atoms with Gasteiger partial charge >= 0.3 is 0 Å². The van der Waals surface area contributed by atoms with Crippen molar-refractivity contribution >= 4 is 11.6 Å². The molecule has 102 valence electrons. The largest absolute Gasteiger partial charge is 0.383 e. The van der Waals surface area contributed by atoms with Crippen molar-refractivity contribution in [3.05, 3.63) is 22.4 Å². The number of rotatable bonds is 2. The van der Waals surface area contributed by atoms with Crippen LogP contribution in [0.3, 0.4) is 0 Å². The van der Waals surface area contributed by atoms with Crippen molar-refractivity contribution in [1.82, 2.24) is 4.98 Å². The summed E-state index contributed by atoms with van der Waals surface area (Å²) in [6, 6.07) is 0. The minimum absolute atomic E-state index is 0.0161. The molecular weight excluding hydrogens is 244 g/mol. The van der Waals surface area contributed by atoms with Crippen molar-refractivity contribution in [3.63, 3.8) is 0 Å². The van der Waals surface area contributed by atoms with Crippen LogP contribution in [0.5, 0.6) is 0 Å². The molecule has 0 aliphatic carbocycles. The van der Waals surface area contributed by atoms with Crippen LogP contribution in [0.2, 0.25) is 0 Å². The van der Waals surface area contributed by atoms with Gasteiger partial charge in [0.25, 0.3) is 0 Å². The molecule has 2 N–H and O–H groups in total. The van der Waals surface area contributed by atoms with Crippen molar-refractivity contribution in [2.45, 2.75) is 46.2 Å². The van der Waals surface area contributed by atoms with E-state index < -0.39 is 0 Å². The lowest BCUT2D eigenvalue weighted by Gasteiger charge is -2.26. The van der Waals surface area contributed by atoms with Gasteiger partial charge in [0.1, 0.15) is 11.9 Å². The van der Waals surface area contributed by atoms with Crippen LogP contribution < -0.4 is 5.73 Å². The van der Waals surface area contributed by atoms with Gasteiger partial charge in [-0.05, 0) is 11.1 Å². The number of ether oxygens (including phenoxy) is 2. The van der Waals surface area contributed by atoms with Gasteiger partial charge in [-0.2, -0.15) is 0 Å². The number of hydrogen-bond donors (Lipinski definition) is 1. The smallest absolute Gasteiger partial charge is 0.164 e. The van der Waals surface area contributed by atoms with Crippen molar-refractivity contribution in [3.8, 4) is 0 Å². The average molecular weight is 262 g/mol. The SMILES string of the molecule is CC(C)C(=O)[C@H]1Cc2c(nc(N)c3c2COC3)CO1. The van der Waals surface area contributed by atoms with Crippen molar-refractivity contribution in [2.75, 3.05) is 5.73 Å². The number of pyridine rings is 1. The summed E-state index contributed by atoms with van der Waals surface area (Å²) in [4.78, 5) is 16.5. The Morgan fingerprint density at radius 3 is 2.74 bits per heavy atom. The Labute approximate surface area is 112 Å². The van der Waals surface area contributed by atoms with Gasteiger partial charge in [-0.3, -0.25) is 4.79 Å². The molecule has 0 fully saturated rings. The van der Waals surface area contributed by atoms with Gasteiger partial charge in [0.05, 0.1) is 25.5 Å². The number of nitrogen functional groups attached to an aromatic ring is 1. The van der Waals surface area contributed by atoms with E-state index >= 15 is 0 Å². The lowest BCUT2D eigenvalue weighted by Crippen LogP contribution is -2.34. The predicted octanol–water partition coefficient (Wildman–Crippen LogP) is 1.36. The summed E-state index contributed by atoms with van der Waals surface area (Å²) in [7, 11) is 0. The number of carbonyl (C=O) groups is 1. The zero-order valence-electron chi connectivity index (χ0n) is 11.2. The van der Waals surface area contributed by atoms with Crippen molar-refractivity contribution in [1.29, 1.82) is 0 Å². The molecule has 3 rings (SSSR count). The highest BCUT2D eigenvalue weighted by Gasteiger charge is 2.32. The van der Waals surface area contributed by atoms with Gasteiger partial charge in [-0.15, -0.1) is 0 Å². The first-order valence-corrected chi connectivity index (χ1v) is 6.60. The number of ketones is 1. The molecule has 0 unspecified atom stereocenters. The van der Waals surface area contributed by atoms with Crippen LogP contribution in [0, 0.1) is 5.92 Å². The summed E-state index contributed by atoms with van der Waals surface area (Å²) in [5, 5.41) is 0. The molecule has 0 saturated heterocycles. The molecule has 0 amide bonds. The molecule has 0 aromatic carbocycles. The third-order valence-corrected chi connectivity index (χ3v) is 3.83. The number of carbonyl (C=O) groups excluding carboxylic acids is 1. The summed E-state index contributed by atoms with van der Waals surface area (Å²) < 4.78 is 11.1. The summed E-state index contributed by atoms with van der Waals surface area (Å²) in [5.74, 6) is 0.663. The van der Waals surface area contributed by atoms with E-state index in [1.165, 1.54) is 0 Å². The minimum atomic E-state index is -0.359. The number of hydrogen-bond acceptors (Lipinski definition) is 5. The summed E-state index contributed by atoms with van der Waals surface area (Å²) in [6.07, 6.45) is 0.230. The molecule has 1 aromatic rings. The van der Waals surface area contributed by atoms with Crippen LogP contribution in [-0.4, -0.2) is 16.9 Å². The first kappa shape index (κ1) is 12.6. The number of aromatic nitrogens is 1. The number of nitrogens with zero attached hydrogens (tertiary/aromatic N) is 1. The Kier molecular flexibility index (Phi) is 3.03. The van der Waals surface area contributed by atoms with Crippen LogP contribution in [0.1, 0.15) is 36.2 Å². The second kappa shape index (κ2) is 4.58. The predicted molar refractivity (Wildman–Crippen MR) is 69.3 cm³/mol. The fraction of sp³-hybridized carbons (Fsp3) is 0.571. The molecule has 5 nitrogen and oxygen atoms in total. The molecule has 5 heteroatoms. The highest BCUT2D eigenvalue weighted by molar-refractivity contribution is 5.85. The Morgan fingerprint density at radius 2 is 2.00 bits per heavy atom. The molecule has 0 radical (unpaired) electrons. The molecule has 0 spiro atoms. The maximum absolute atomic E-state index is 12.1. The van der Waals surface area contributed by atoms with Gasteiger partial charge in [0.2, 0.25) is 0 Å². The van der Waals surface area contributed by atoms with E-state index in [0.717, 1.165) is 22.4 Å². The normalized spacial score (nSPS) is 21.3. The number of fused-ring (bicyclic) bond motifs is 3. The summed E-state index contributed by atoms with van der Waals surface area (Å²) in [5.41, 5.74) is 9.99. The standard InChI is InChI=1S/C14H18N2O3/c1-7(2)13(17)12-3-8-9-4-18-5-10(9)14(15)16-11(8)6-19-12/h7,12H,3-6H2,1-2H3,(H2,15,16)/t12-/m1/s1. The molecule has 3 heterocycles. The first-order valence-electron chi connectivity index (χ1n) is 6.60. The van der Waals surface area contributed by atoms with Crippen LogP contribution in [0.25, 0.3) is 0 Å². The van der Waals surface area contributed by atoms with E-state index in [9.17, 15) is 4.79 Å². The van der Waals surface area contributed by atoms with Gasteiger partial charge < -0.3 is 15.2 Å².